The first-order chi connectivity index (χ1) is 10.5. The van der Waals surface area contributed by atoms with Gasteiger partial charge in [0.15, 0.2) is 0 Å². The topological polar surface area (TPSA) is 90.9 Å². The highest BCUT2D eigenvalue weighted by molar-refractivity contribution is 5.91. The molecule has 0 spiro atoms. The van der Waals surface area contributed by atoms with Crippen LogP contribution in [0, 0.1) is 0 Å². The molecule has 1 amide bonds. The zero-order valence-electron chi connectivity index (χ0n) is 13.0. The summed E-state index contributed by atoms with van der Waals surface area (Å²) in [5.74, 6) is -1.35. The van der Waals surface area contributed by atoms with Crippen LogP contribution in [0.1, 0.15) is 39.0 Å². The Balaban J connectivity index is 2.20. The van der Waals surface area contributed by atoms with Crippen LogP contribution in [0.3, 0.4) is 0 Å². The van der Waals surface area contributed by atoms with Crippen molar-refractivity contribution in [1.82, 2.24) is 5.32 Å². The van der Waals surface area contributed by atoms with Crippen molar-refractivity contribution in [3.8, 4) is 0 Å². The Morgan fingerprint density at radius 1 is 1.14 bits per heavy atom. The fourth-order valence-corrected chi connectivity index (χ4v) is 2.12. The fourth-order valence-electron chi connectivity index (χ4n) is 2.12. The van der Waals surface area contributed by atoms with Crippen LogP contribution in [-0.4, -0.2) is 43.9 Å². The summed E-state index contributed by atoms with van der Waals surface area (Å²) in [6.07, 6.45) is 6.23. The van der Waals surface area contributed by atoms with Gasteiger partial charge < -0.3 is 19.5 Å². The van der Waals surface area contributed by atoms with Crippen molar-refractivity contribution in [3.63, 3.8) is 0 Å². The minimum atomic E-state index is -0.700. The molecular formula is C15H23NO6. The number of esters is 2. The lowest BCUT2D eigenvalue weighted by atomic mass is 9.96. The van der Waals surface area contributed by atoms with Gasteiger partial charge in [-0.25, -0.2) is 14.4 Å². The first-order valence-corrected chi connectivity index (χ1v) is 7.41. The molecule has 0 bridgehead atoms. The van der Waals surface area contributed by atoms with E-state index < -0.39 is 24.1 Å². The van der Waals surface area contributed by atoms with Crippen LogP contribution in [0.2, 0.25) is 0 Å². The number of nitrogens with one attached hydrogen (secondary N) is 1. The van der Waals surface area contributed by atoms with Crippen molar-refractivity contribution in [2.75, 3.05) is 13.7 Å². The van der Waals surface area contributed by atoms with E-state index in [4.69, 9.17) is 9.47 Å². The number of carbonyl (C=O) groups is 3. The highest BCUT2D eigenvalue weighted by Gasteiger charge is 2.18. The average Bonchev–Trinajstić information content (AvgIpc) is 2.51. The van der Waals surface area contributed by atoms with E-state index in [-0.39, 0.29) is 12.6 Å². The molecule has 124 valence electrons. The number of hydrogen-bond donors (Lipinski definition) is 1. The highest BCUT2D eigenvalue weighted by Crippen LogP contribution is 2.17. The van der Waals surface area contributed by atoms with Gasteiger partial charge in [0.2, 0.25) is 0 Å². The molecule has 0 unspecified atom stereocenters. The molecule has 0 heterocycles. The van der Waals surface area contributed by atoms with Gasteiger partial charge >= 0.3 is 18.0 Å². The molecule has 1 N–H and O–H groups in total. The molecule has 0 aromatic carbocycles. The predicted molar refractivity (Wildman–Crippen MR) is 78.1 cm³/mol. The first-order valence-electron chi connectivity index (χ1n) is 7.41. The molecule has 1 atom stereocenters. The number of carbonyl (C=O) groups excluding carboxylic acids is 3. The van der Waals surface area contributed by atoms with Gasteiger partial charge in [-0.3, -0.25) is 0 Å². The van der Waals surface area contributed by atoms with E-state index >= 15 is 0 Å². The van der Waals surface area contributed by atoms with Crippen LogP contribution >= 0.6 is 0 Å². The summed E-state index contributed by atoms with van der Waals surface area (Å²) in [5, 5.41) is 2.81. The fraction of sp³-hybridized carbons (Fsp3) is 0.667. The lowest BCUT2D eigenvalue weighted by molar-refractivity contribution is -0.141. The van der Waals surface area contributed by atoms with Crippen LogP contribution < -0.4 is 5.32 Å². The van der Waals surface area contributed by atoms with Crippen LogP contribution in [0.4, 0.5) is 4.79 Å². The third kappa shape index (κ3) is 7.66. The number of alkyl carbamates (subject to hydrolysis) is 1. The molecule has 22 heavy (non-hydrogen) atoms. The molecule has 7 heteroatoms. The predicted octanol–water partition coefficient (Wildman–Crippen LogP) is 1.71. The van der Waals surface area contributed by atoms with Crippen molar-refractivity contribution in [2.45, 2.75) is 51.2 Å². The Morgan fingerprint density at radius 2 is 1.77 bits per heavy atom. The van der Waals surface area contributed by atoms with Gasteiger partial charge in [0, 0.05) is 18.2 Å². The Hall–Kier alpha value is -2.05. The van der Waals surface area contributed by atoms with Crippen molar-refractivity contribution < 1.29 is 28.6 Å². The summed E-state index contributed by atoms with van der Waals surface area (Å²) < 4.78 is 14.3. The minimum absolute atomic E-state index is 0.0809. The van der Waals surface area contributed by atoms with E-state index in [1.165, 1.54) is 13.5 Å². The molecule has 0 radical (unpaired) electrons. The summed E-state index contributed by atoms with van der Waals surface area (Å²) in [6, 6.07) is 0.166. The van der Waals surface area contributed by atoms with Crippen LogP contribution in [0.5, 0.6) is 0 Å². The maximum atomic E-state index is 11.7. The Kier molecular flexibility index (Phi) is 8.03. The normalized spacial score (nSPS) is 16.8. The number of amides is 1. The van der Waals surface area contributed by atoms with E-state index in [1.54, 1.807) is 6.92 Å². The van der Waals surface area contributed by atoms with Gasteiger partial charge in [-0.15, -0.1) is 0 Å². The SMILES string of the molecule is COC(=O)/C=C/C(=O)OC[C@@H](C)OC(=O)NC1CCCCC1. The maximum Gasteiger partial charge on any atom is 0.407 e. The van der Waals surface area contributed by atoms with Gasteiger partial charge in [-0.05, 0) is 19.8 Å². The second-order valence-corrected chi connectivity index (χ2v) is 5.18. The molecule has 0 aromatic heterocycles. The largest absolute Gasteiger partial charge is 0.466 e. The van der Waals surface area contributed by atoms with E-state index in [0.717, 1.165) is 37.8 Å². The number of ether oxygens (including phenoxy) is 3. The molecule has 1 fully saturated rings. The number of rotatable bonds is 6. The lowest BCUT2D eigenvalue weighted by Crippen LogP contribution is -2.38. The number of hydrogen-bond acceptors (Lipinski definition) is 6. The van der Waals surface area contributed by atoms with Crippen LogP contribution in [-0.2, 0) is 23.8 Å². The Bertz CT molecular complexity index is 414. The molecule has 7 nitrogen and oxygen atoms in total. The Labute approximate surface area is 130 Å². The summed E-state index contributed by atoms with van der Waals surface area (Å²) in [7, 11) is 1.21. The van der Waals surface area contributed by atoms with Gasteiger partial charge in [0.25, 0.3) is 0 Å². The van der Waals surface area contributed by atoms with Crippen molar-refractivity contribution in [2.24, 2.45) is 0 Å². The van der Waals surface area contributed by atoms with Crippen LogP contribution in [0.15, 0.2) is 12.2 Å². The smallest absolute Gasteiger partial charge is 0.407 e. The molecule has 0 aliphatic heterocycles. The average molecular weight is 313 g/mol. The standard InChI is InChI=1S/C15H23NO6/c1-11(10-21-14(18)9-8-13(17)20-2)22-15(19)16-12-6-4-3-5-7-12/h8-9,11-12H,3-7,10H2,1-2H3,(H,16,19)/b9-8+/t11-/m1/s1. The highest BCUT2D eigenvalue weighted by atomic mass is 16.6. The Morgan fingerprint density at radius 3 is 2.41 bits per heavy atom. The molecule has 0 aromatic rings. The van der Waals surface area contributed by atoms with E-state index in [1.807, 2.05) is 0 Å². The van der Waals surface area contributed by atoms with E-state index in [2.05, 4.69) is 10.1 Å². The molecule has 0 saturated heterocycles. The minimum Gasteiger partial charge on any atom is -0.466 e. The van der Waals surface area contributed by atoms with Crippen molar-refractivity contribution >= 4 is 18.0 Å². The quantitative estimate of drug-likeness (QED) is 0.456. The van der Waals surface area contributed by atoms with E-state index in [9.17, 15) is 14.4 Å². The van der Waals surface area contributed by atoms with Crippen molar-refractivity contribution in [3.05, 3.63) is 12.2 Å². The molecule has 1 aliphatic carbocycles. The molecular weight excluding hydrogens is 290 g/mol. The summed E-state index contributed by atoms with van der Waals surface area (Å²) in [6.45, 7) is 1.54. The summed E-state index contributed by atoms with van der Waals surface area (Å²) in [5.41, 5.74) is 0. The van der Waals surface area contributed by atoms with E-state index in [0.29, 0.717) is 0 Å². The summed E-state index contributed by atoms with van der Waals surface area (Å²) >= 11 is 0. The van der Waals surface area contributed by atoms with Crippen molar-refractivity contribution in [1.29, 1.82) is 0 Å². The third-order valence-electron chi connectivity index (χ3n) is 3.25. The van der Waals surface area contributed by atoms with Gasteiger partial charge in [0.1, 0.15) is 12.7 Å². The van der Waals surface area contributed by atoms with Crippen LogP contribution in [0.25, 0.3) is 0 Å². The summed E-state index contributed by atoms with van der Waals surface area (Å²) in [4.78, 5) is 33.8. The maximum absolute atomic E-state index is 11.7. The van der Waals surface area contributed by atoms with Gasteiger partial charge in [-0.1, -0.05) is 19.3 Å². The monoisotopic (exact) mass is 313 g/mol. The third-order valence-corrected chi connectivity index (χ3v) is 3.25. The first kappa shape index (κ1) is 18.0. The van der Waals surface area contributed by atoms with Gasteiger partial charge in [-0.2, -0.15) is 0 Å². The zero-order valence-corrected chi connectivity index (χ0v) is 13.0. The molecule has 1 rings (SSSR count). The second kappa shape index (κ2) is 9.81. The molecule has 1 aliphatic rings. The number of methoxy groups -OCH3 is 1. The second-order valence-electron chi connectivity index (χ2n) is 5.18. The van der Waals surface area contributed by atoms with Gasteiger partial charge in [0.05, 0.1) is 7.11 Å². The lowest BCUT2D eigenvalue weighted by Gasteiger charge is -2.23. The zero-order chi connectivity index (χ0) is 16.4. The molecule has 1 saturated carbocycles.